The van der Waals surface area contributed by atoms with Crippen molar-refractivity contribution in [2.75, 3.05) is 18.6 Å². The van der Waals surface area contributed by atoms with Crippen LogP contribution in [0, 0.1) is 0 Å². The Bertz CT molecular complexity index is 1140. The lowest BCUT2D eigenvalue weighted by Gasteiger charge is -2.29. The second-order valence-corrected chi connectivity index (χ2v) is 8.19. The quantitative estimate of drug-likeness (QED) is 0.583. The standard InChI is InChI=1S/C27H27NO5/c1-18(19-7-4-3-5-8-19)26(29)28-17-24(33-23-10-6-9-22(16-23)32-2)13-11-20-15-21(27(30)31)12-14-25(20)28/h3-10,12,14-16,18,24H,11,13,17H2,1-2H3,(H,30,31)/t18-,24-/m0/s1. The molecule has 33 heavy (non-hydrogen) atoms. The molecule has 0 radical (unpaired) electrons. The second kappa shape index (κ2) is 9.77. The zero-order valence-electron chi connectivity index (χ0n) is 18.7. The number of benzene rings is 3. The smallest absolute Gasteiger partial charge is 0.335 e. The SMILES string of the molecule is COc1cccc(O[C@H]2CCc3cc(C(=O)O)ccc3N(C(=O)[C@@H](C)c3ccccc3)C2)c1. The Labute approximate surface area is 193 Å². The maximum Gasteiger partial charge on any atom is 0.335 e. The Hall–Kier alpha value is -3.80. The molecule has 1 amide bonds. The average molecular weight is 446 g/mol. The summed E-state index contributed by atoms with van der Waals surface area (Å²) in [5.41, 5.74) is 2.72. The zero-order chi connectivity index (χ0) is 23.4. The van der Waals surface area contributed by atoms with Gasteiger partial charge in [0.2, 0.25) is 5.91 Å². The number of nitrogens with zero attached hydrogens (tertiary/aromatic N) is 1. The minimum Gasteiger partial charge on any atom is -0.497 e. The van der Waals surface area contributed by atoms with E-state index in [4.69, 9.17) is 9.47 Å². The second-order valence-electron chi connectivity index (χ2n) is 8.19. The van der Waals surface area contributed by atoms with Gasteiger partial charge in [0.05, 0.1) is 25.1 Å². The molecule has 2 atom stereocenters. The number of hydrogen-bond donors (Lipinski definition) is 1. The van der Waals surface area contributed by atoms with Gasteiger partial charge in [0.25, 0.3) is 0 Å². The van der Waals surface area contributed by atoms with Crippen molar-refractivity contribution in [3.8, 4) is 11.5 Å². The van der Waals surface area contributed by atoms with Crippen LogP contribution in [-0.2, 0) is 11.2 Å². The van der Waals surface area contributed by atoms with Crippen LogP contribution in [0.15, 0.2) is 72.8 Å². The average Bonchev–Trinajstić information content (AvgIpc) is 3.03. The summed E-state index contributed by atoms with van der Waals surface area (Å²) >= 11 is 0. The van der Waals surface area contributed by atoms with E-state index in [0.29, 0.717) is 30.9 Å². The van der Waals surface area contributed by atoms with Crippen LogP contribution in [0.4, 0.5) is 5.69 Å². The lowest BCUT2D eigenvalue weighted by molar-refractivity contribution is -0.120. The molecule has 0 bridgehead atoms. The van der Waals surface area contributed by atoms with Gasteiger partial charge in [0, 0.05) is 11.8 Å². The number of carboxylic acids is 1. The van der Waals surface area contributed by atoms with Crippen LogP contribution < -0.4 is 14.4 Å². The van der Waals surface area contributed by atoms with Gasteiger partial charge in [-0.25, -0.2) is 4.79 Å². The van der Waals surface area contributed by atoms with Crippen LogP contribution in [0.5, 0.6) is 11.5 Å². The van der Waals surface area contributed by atoms with Crippen molar-refractivity contribution < 1.29 is 24.2 Å². The first kappa shape index (κ1) is 22.4. The van der Waals surface area contributed by atoms with E-state index in [9.17, 15) is 14.7 Å². The number of aryl methyl sites for hydroxylation is 1. The summed E-state index contributed by atoms with van der Waals surface area (Å²) in [4.78, 5) is 26.9. The molecule has 170 valence electrons. The molecule has 6 heteroatoms. The highest BCUT2D eigenvalue weighted by Gasteiger charge is 2.31. The van der Waals surface area contributed by atoms with Gasteiger partial charge < -0.3 is 19.5 Å². The number of carbonyl (C=O) groups is 2. The summed E-state index contributed by atoms with van der Waals surface area (Å²) in [7, 11) is 1.60. The van der Waals surface area contributed by atoms with Crippen LogP contribution >= 0.6 is 0 Å². The minimum atomic E-state index is -0.984. The number of carbonyl (C=O) groups excluding carboxylic acids is 1. The number of fused-ring (bicyclic) bond motifs is 1. The Balaban J connectivity index is 1.67. The Kier molecular flexibility index (Phi) is 6.63. The number of rotatable bonds is 6. The molecule has 3 aromatic carbocycles. The lowest BCUT2D eigenvalue weighted by Crippen LogP contribution is -2.41. The number of ether oxygens (including phenoxy) is 2. The normalized spacial score (nSPS) is 16.3. The molecule has 1 heterocycles. The molecule has 4 rings (SSSR count). The maximum absolute atomic E-state index is 13.7. The van der Waals surface area contributed by atoms with Crippen molar-refractivity contribution in [2.45, 2.75) is 31.8 Å². The van der Waals surface area contributed by atoms with Gasteiger partial charge in [0.1, 0.15) is 17.6 Å². The van der Waals surface area contributed by atoms with Gasteiger partial charge in [-0.15, -0.1) is 0 Å². The molecule has 0 saturated heterocycles. The summed E-state index contributed by atoms with van der Waals surface area (Å²) in [6.45, 7) is 2.26. The van der Waals surface area contributed by atoms with E-state index < -0.39 is 5.97 Å². The van der Waals surface area contributed by atoms with Crippen LogP contribution in [0.3, 0.4) is 0 Å². The molecule has 0 fully saturated rings. The number of hydrogen-bond acceptors (Lipinski definition) is 4. The van der Waals surface area contributed by atoms with Crippen LogP contribution in [-0.4, -0.2) is 36.7 Å². The highest BCUT2D eigenvalue weighted by atomic mass is 16.5. The highest BCUT2D eigenvalue weighted by molar-refractivity contribution is 5.99. The highest BCUT2D eigenvalue weighted by Crippen LogP contribution is 2.32. The van der Waals surface area contributed by atoms with E-state index in [1.165, 1.54) is 0 Å². The molecular weight excluding hydrogens is 418 g/mol. The molecular formula is C27H27NO5. The minimum absolute atomic E-state index is 0.0494. The first-order valence-corrected chi connectivity index (χ1v) is 11.0. The molecule has 0 aliphatic carbocycles. The van der Waals surface area contributed by atoms with E-state index >= 15 is 0 Å². The summed E-state index contributed by atoms with van der Waals surface area (Å²) < 4.78 is 11.6. The fraction of sp³-hybridized carbons (Fsp3) is 0.259. The third-order valence-electron chi connectivity index (χ3n) is 6.02. The summed E-state index contributed by atoms with van der Waals surface area (Å²) in [5, 5.41) is 9.45. The number of carboxylic acid groups (broad SMARTS) is 1. The molecule has 1 N–H and O–H groups in total. The molecule has 1 aliphatic heterocycles. The molecule has 3 aromatic rings. The summed E-state index contributed by atoms with van der Waals surface area (Å²) in [5.74, 6) is -0.0247. The first-order valence-electron chi connectivity index (χ1n) is 11.0. The van der Waals surface area contributed by atoms with Crippen molar-refractivity contribution >= 4 is 17.6 Å². The number of anilines is 1. The Morgan fingerprint density at radius 3 is 2.48 bits per heavy atom. The van der Waals surface area contributed by atoms with Crippen molar-refractivity contribution in [2.24, 2.45) is 0 Å². The van der Waals surface area contributed by atoms with E-state index in [-0.39, 0.29) is 23.5 Å². The number of amides is 1. The van der Waals surface area contributed by atoms with Crippen molar-refractivity contribution in [1.29, 1.82) is 0 Å². The van der Waals surface area contributed by atoms with E-state index in [0.717, 1.165) is 16.8 Å². The van der Waals surface area contributed by atoms with Crippen LogP contribution in [0.2, 0.25) is 0 Å². The van der Waals surface area contributed by atoms with Crippen molar-refractivity contribution in [3.63, 3.8) is 0 Å². The molecule has 0 saturated carbocycles. The van der Waals surface area contributed by atoms with Crippen molar-refractivity contribution in [1.82, 2.24) is 0 Å². The predicted octanol–water partition coefficient (Wildman–Crippen LogP) is 4.92. The molecule has 0 spiro atoms. The lowest BCUT2D eigenvalue weighted by atomic mass is 9.98. The maximum atomic E-state index is 13.7. The Morgan fingerprint density at radius 1 is 1.00 bits per heavy atom. The number of methoxy groups -OCH3 is 1. The van der Waals surface area contributed by atoms with Gasteiger partial charge in [-0.05, 0) is 61.2 Å². The van der Waals surface area contributed by atoms with Gasteiger partial charge in [-0.2, -0.15) is 0 Å². The largest absolute Gasteiger partial charge is 0.497 e. The summed E-state index contributed by atoms with van der Waals surface area (Å²) in [6.07, 6.45) is 0.996. The van der Waals surface area contributed by atoms with E-state index in [2.05, 4.69) is 0 Å². The van der Waals surface area contributed by atoms with Gasteiger partial charge in [-0.3, -0.25) is 4.79 Å². The van der Waals surface area contributed by atoms with Crippen molar-refractivity contribution in [3.05, 3.63) is 89.5 Å². The summed E-state index contributed by atoms with van der Waals surface area (Å²) in [6, 6.07) is 22.0. The predicted molar refractivity (Wildman–Crippen MR) is 126 cm³/mol. The fourth-order valence-electron chi connectivity index (χ4n) is 4.18. The topological polar surface area (TPSA) is 76.1 Å². The molecule has 0 unspecified atom stereocenters. The fourth-order valence-corrected chi connectivity index (χ4v) is 4.18. The van der Waals surface area contributed by atoms with Gasteiger partial charge in [-0.1, -0.05) is 36.4 Å². The molecule has 0 aromatic heterocycles. The number of aromatic carboxylic acids is 1. The third kappa shape index (κ3) is 5.00. The third-order valence-corrected chi connectivity index (χ3v) is 6.02. The first-order chi connectivity index (χ1) is 16.0. The zero-order valence-corrected chi connectivity index (χ0v) is 18.7. The van der Waals surface area contributed by atoms with Gasteiger partial charge in [0.15, 0.2) is 0 Å². The van der Waals surface area contributed by atoms with Crippen LogP contribution in [0.25, 0.3) is 0 Å². The molecule has 6 nitrogen and oxygen atoms in total. The Morgan fingerprint density at radius 2 is 1.76 bits per heavy atom. The van der Waals surface area contributed by atoms with Crippen LogP contribution in [0.1, 0.15) is 40.7 Å². The van der Waals surface area contributed by atoms with E-state index in [1.54, 1.807) is 30.2 Å². The molecule has 1 aliphatic rings. The van der Waals surface area contributed by atoms with E-state index in [1.807, 2.05) is 61.5 Å². The monoisotopic (exact) mass is 445 g/mol. The van der Waals surface area contributed by atoms with Gasteiger partial charge >= 0.3 is 5.97 Å².